The minimum absolute atomic E-state index is 0.0341. The largest absolute Gasteiger partial charge is 0.339 e. The quantitative estimate of drug-likeness (QED) is 0.777. The summed E-state index contributed by atoms with van der Waals surface area (Å²) >= 11 is 5.89. The molecule has 0 aliphatic carbocycles. The fraction of sp³-hybridized carbons (Fsp3) is 0.462. The third-order valence-electron chi connectivity index (χ3n) is 2.96. The molecule has 0 bridgehead atoms. The van der Waals surface area contributed by atoms with Gasteiger partial charge in [-0.3, -0.25) is 10.2 Å². The smallest absolute Gasteiger partial charge is 0.221 e. The third-order valence-corrected chi connectivity index (χ3v) is 3.19. The second-order valence-electron chi connectivity index (χ2n) is 4.68. The lowest BCUT2D eigenvalue weighted by Crippen LogP contribution is -2.44. The number of carbonyl (C=O) groups is 1. The molecule has 1 saturated heterocycles. The number of aryl methyl sites for hydroxylation is 1. The van der Waals surface area contributed by atoms with Crippen molar-refractivity contribution >= 4 is 17.5 Å². The zero-order chi connectivity index (χ0) is 13.0. The average Bonchev–Trinajstić information content (AvgIpc) is 2.72. The van der Waals surface area contributed by atoms with Crippen molar-refractivity contribution in [2.45, 2.75) is 38.4 Å². The highest BCUT2D eigenvalue weighted by molar-refractivity contribution is 6.30. The van der Waals surface area contributed by atoms with E-state index in [2.05, 4.69) is 23.1 Å². The SMILES string of the molecule is CC1CC(NC(=O)CCc2cccc(Cl)c2)NN1. The van der Waals surface area contributed by atoms with Gasteiger partial charge in [-0.05, 0) is 37.5 Å². The summed E-state index contributed by atoms with van der Waals surface area (Å²) < 4.78 is 0. The summed E-state index contributed by atoms with van der Waals surface area (Å²) in [6.45, 7) is 2.07. The summed E-state index contributed by atoms with van der Waals surface area (Å²) in [6, 6.07) is 8.01. The van der Waals surface area contributed by atoms with Crippen molar-refractivity contribution in [2.24, 2.45) is 0 Å². The Morgan fingerprint density at radius 2 is 2.33 bits per heavy atom. The number of amides is 1. The van der Waals surface area contributed by atoms with Crippen LogP contribution in [0.25, 0.3) is 0 Å². The molecule has 18 heavy (non-hydrogen) atoms. The van der Waals surface area contributed by atoms with E-state index in [1.54, 1.807) is 0 Å². The van der Waals surface area contributed by atoms with Gasteiger partial charge in [-0.2, -0.15) is 0 Å². The molecule has 98 valence electrons. The van der Waals surface area contributed by atoms with E-state index >= 15 is 0 Å². The van der Waals surface area contributed by atoms with E-state index in [4.69, 9.17) is 11.6 Å². The Labute approximate surface area is 112 Å². The van der Waals surface area contributed by atoms with Gasteiger partial charge >= 0.3 is 0 Å². The van der Waals surface area contributed by atoms with Crippen LogP contribution in [-0.2, 0) is 11.2 Å². The summed E-state index contributed by atoms with van der Waals surface area (Å²) in [4.78, 5) is 11.8. The number of halogens is 1. The molecule has 1 fully saturated rings. The van der Waals surface area contributed by atoms with Crippen LogP contribution in [0.1, 0.15) is 25.3 Å². The highest BCUT2D eigenvalue weighted by Gasteiger charge is 2.21. The Morgan fingerprint density at radius 1 is 1.50 bits per heavy atom. The van der Waals surface area contributed by atoms with E-state index in [0.29, 0.717) is 23.9 Å². The van der Waals surface area contributed by atoms with Gasteiger partial charge in [-0.1, -0.05) is 23.7 Å². The number of benzene rings is 1. The molecule has 2 rings (SSSR count). The van der Waals surface area contributed by atoms with E-state index in [9.17, 15) is 4.79 Å². The second-order valence-corrected chi connectivity index (χ2v) is 5.11. The van der Waals surface area contributed by atoms with Gasteiger partial charge in [-0.25, -0.2) is 5.43 Å². The van der Waals surface area contributed by atoms with Crippen LogP contribution in [0.2, 0.25) is 5.02 Å². The summed E-state index contributed by atoms with van der Waals surface area (Å²) in [7, 11) is 0. The first-order valence-electron chi connectivity index (χ1n) is 6.18. The standard InChI is InChI=1S/C13H18ClN3O/c1-9-7-12(17-16-9)15-13(18)6-5-10-3-2-4-11(14)8-10/h2-4,8-9,12,16-17H,5-7H2,1H3,(H,15,18). The lowest BCUT2D eigenvalue weighted by atomic mass is 10.1. The monoisotopic (exact) mass is 267 g/mol. The second kappa shape index (κ2) is 6.18. The van der Waals surface area contributed by atoms with Gasteiger partial charge in [-0.15, -0.1) is 0 Å². The Bertz CT molecular complexity index is 424. The van der Waals surface area contributed by atoms with E-state index in [1.807, 2.05) is 24.3 Å². The predicted octanol–water partition coefficient (Wildman–Crippen LogP) is 1.60. The zero-order valence-electron chi connectivity index (χ0n) is 10.4. The molecule has 0 radical (unpaired) electrons. The first kappa shape index (κ1) is 13.3. The van der Waals surface area contributed by atoms with Crippen molar-refractivity contribution in [3.05, 3.63) is 34.9 Å². The molecule has 1 aliphatic heterocycles. The number of hydrazine groups is 1. The van der Waals surface area contributed by atoms with Gasteiger partial charge in [0.05, 0.1) is 6.17 Å². The molecule has 1 aromatic rings. The van der Waals surface area contributed by atoms with Crippen LogP contribution in [0.5, 0.6) is 0 Å². The molecule has 2 atom stereocenters. The maximum absolute atomic E-state index is 11.8. The van der Waals surface area contributed by atoms with E-state index < -0.39 is 0 Å². The van der Waals surface area contributed by atoms with Gasteiger partial charge in [0.1, 0.15) is 0 Å². The average molecular weight is 268 g/mol. The number of hydrogen-bond acceptors (Lipinski definition) is 3. The number of carbonyl (C=O) groups excluding carboxylic acids is 1. The van der Waals surface area contributed by atoms with E-state index in [1.165, 1.54) is 0 Å². The first-order valence-corrected chi connectivity index (χ1v) is 6.56. The van der Waals surface area contributed by atoms with Gasteiger partial charge in [0.2, 0.25) is 5.91 Å². The number of rotatable bonds is 4. The van der Waals surface area contributed by atoms with Crippen molar-refractivity contribution in [3.8, 4) is 0 Å². The number of nitrogens with one attached hydrogen (secondary N) is 3. The van der Waals surface area contributed by atoms with Crippen molar-refractivity contribution in [3.63, 3.8) is 0 Å². The molecular formula is C13H18ClN3O. The van der Waals surface area contributed by atoms with Crippen molar-refractivity contribution in [1.29, 1.82) is 0 Å². The van der Waals surface area contributed by atoms with Crippen LogP contribution in [0.4, 0.5) is 0 Å². The molecule has 1 aromatic carbocycles. The third kappa shape index (κ3) is 3.98. The summed E-state index contributed by atoms with van der Waals surface area (Å²) in [5.41, 5.74) is 7.20. The summed E-state index contributed by atoms with van der Waals surface area (Å²) in [5.74, 6) is 0.0587. The lowest BCUT2D eigenvalue weighted by molar-refractivity contribution is -0.121. The summed E-state index contributed by atoms with van der Waals surface area (Å²) in [6.07, 6.45) is 2.13. The van der Waals surface area contributed by atoms with Gasteiger partial charge < -0.3 is 5.32 Å². The molecule has 1 heterocycles. The highest BCUT2D eigenvalue weighted by Crippen LogP contribution is 2.12. The van der Waals surface area contributed by atoms with Crippen LogP contribution >= 0.6 is 11.6 Å². The van der Waals surface area contributed by atoms with E-state index in [0.717, 1.165) is 12.0 Å². The Balaban J connectivity index is 1.75. The fourth-order valence-electron chi connectivity index (χ4n) is 2.03. The minimum Gasteiger partial charge on any atom is -0.339 e. The molecule has 1 amide bonds. The molecule has 0 spiro atoms. The molecule has 5 heteroatoms. The molecule has 2 unspecified atom stereocenters. The molecule has 4 nitrogen and oxygen atoms in total. The molecule has 3 N–H and O–H groups in total. The normalized spacial score (nSPS) is 23.0. The lowest BCUT2D eigenvalue weighted by Gasteiger charge is -2.11. The van der Waals surface area contributed by atoms with Crippen LogP contribution in [0.15, 0.2) is 24.3 Å². The van der Waals surface area contributed by atoms with Gasteiger partial charge in [0.25, 0.3) is 0 Å². The van der Waals surface area contributed by atoms with Crippen molar-refractivity contribution in [2.75, 3.05) is 0 Å². The Hall–Kier alpha value is -1.10. The van der Waals surface area contributed by atoms with Crippen LogP contribution in [0, 0.1) is 0 Å². The topological polar surface area (TPSA) is 53.2 Å². The molecule has 0 aromatic heterocycles. The van der Waals surface area contributed by atoms with Gasteiger partial charge in [0, 0.05) is 17.5 Å². The Kier molecular flexibility index (Phi) is 4.58. The van der Waals surface area contributed by atoms with Crippen molar-refractivity contribution < 1.29 is 4.79 Å². The minimum atomic E-state index is 0.0341. The van der Waals surface area contributed by atoms with Gasteiger partial charge in [0.15, 0.2) is 0 Å². The van der Waals surface area contributed by atoms with Crippen LogP contribution in [-0.4, -0.2) is 18.1 Å². The summed E-state index contributed by atoms with van der Waals surface area (Å²) in [5, 5.41) is 3.66. The predicted molar refractivity (Wildman–Crippen MR) is 72.1 cm³/mol. The fourth-order valence-corrected chi connectivity index (χ4v) is 2.24. The Morgan fingerprint density at radius 3 is 3.00 bits per heavy atom. The molecular weight excluding hydrogens is 250 g/mol. The van der Waals surface area contributed by atoms with E-state index in [-0.39, 0.29) is 12.1 Å². The first-order chi connectivity index (χ1) is 8.63. The van der Waals surface area contributed by atoms with Crippen molar-refractivity contribution in [1.82, 2.24) is 16.2 Å². The van der Waals surface area contributed by atoms with Crippen LogP contribution < -0.4 is 16.2 Å². The van der Waals surface area contributed by atoms with Crippen LogP contribution in [0.3, 0.4) is 0 Å². The maximum atomic E-state index is 11.8. The molecule has 0 saturated carbocycles. The molecule has 1 aliphatic rings. The zero-order valence-corrected chi connectivity index (χ0v) is 11.1. The maximum Gasteiger partial charge on any atom is 0.221 e. The number of hydrogen-bond donors (Lipinski definition) is 3. The highest BCUT2D eigenvalue weighted by atomic mass is 35.5.